The van der Waals surface area contributed by atoms with Crippen LogP contribution in [0.3, 0.4) is 0 Å². The smallest absolute Gasteiger partial charge is 0.292 e. The molecule has 5 nitrogen and oxygen atoms in total. The van der Waals surface area contributed by atoms with Gasteiger partial charge in [-0.05, 0) is 38.6 Å². The Balaban J connectivity index is 2.80. The molecule has 19 heavy (non-hydrogen) atoms. The highest BCUT2D eigenvalue weighted by Crippen LogP contribution is 2.25. The van der Waals surface area contributed by atoms with Crippen LogP contribution in [-0.4, -0.2) is 35.5 Å². The Morgan fingerprint density at radius 2 is 2.00 bits per heavy atom. The molecule has 0 aliphatic carbocycles. The fourth-order valence-electron chi connectivity index (χ4n) is 2.10. The number of rotatable bonds is 7. The lowest BCUT2D eigenvalue weighted by Gasteiger charge is -2.24. The minimum atomic E-state index is -0.341. The highest BCUT2D eigenvalue weighted by molar-refractivity contribution is 5.63. The lowest BCUT2D eigenvalue weighted by molar-refractivity contribution is -0.384. The number of nitrogens with one attached hydrogen (secondary N) is 1. The van der Waals surface area contributed by atoms with Gasteiger partial charge in [0.15, 0.2) is 0 Å². The Morgan fingerprint density at radius 3 is 2.53 bits per heavy atom. The molecule has 0 bridgehead atoms. The summed E-state index contributed by atoms with van der Waals surface area (Å²) in [5.74, 6) is 0. The number of likely N-dealkylation sites (N-methyl/N-ethyl adjacent to an activating group) is 1. The van der Waals surface area contributed by atoms with Crippen molar-refractivity contribution in [2.24, 2.45) is 0 Å². The number of nitro groups is 1. The Hall–Kier alpha value is -1.62. The molecule has 0 heterocycles. The SMILES string of the molecule is CCN(CC)CC(C)Nc1cc(C)ccc1[N+](=O)[O-]. The van der Waals surface area contributed by atoms with Crippen molar-refractivity contribution in [1.29, 1.82) is 0 Å². The summed E-state index contributed by atoms with van der Waals surface area (Å²) in [6, 6.07) is 5.32. The first-order chi connectivity index (χ1) is 8.97. The van der Waals surface area contributed by atoms with Crippen molar-refractivity contribution in [3.8, 4) is 0 Å². The molecule has 106 valence electrons. The largest absolute Gasteiger partial charge is 0.376 e. The zero-order valence-electron chi connectivity index (χ0n) is 12.1. The summed E-state index contributed by atoms with van der Waals surface area (Å²) >= 11 is 0. The van der Waals surface area contributed by atoms with Gasteiger partial charge in [0.2, 0.25) is 0 Å². The van der Waals surface area contributed by atoms with Gasteiger partial charge < -0.3 is 10.2 Å². The van der Waals surface area contributed by atoms with Gasteiger partial charge in [-0.3, -0.25) is 10.1 Å². The summed E-state index contributed by atoms with van der Waals surface area (Å²) < 4.78 is 0. The molecule has 0 aliphatic rings. The summed E-state index contributed by atoms with van der Waals surface area (Å²) in [7, 11) is 0. The Labute approximate surface area is 114 Å². The van der Waals surface area contributed by atoms with Crippen LogP contribution in [0.1, 0.15) is 26.3 Å². The van der Waals surface area contributed by atoms with E-state index in [0.29, 0.717) is 5.69 Å². The van der Waals surface area contributed by atoms with E-state index in [4.69, 9.17) is 0 Å². The number of hydrogen-bond donors (Lipinski definition) is 1. The van der Waals surface area contributed by atoms with Crippen molar-refractivity contribution in [1.82, 2.24) is 4.90 Å². The summed E-state index contributed by atoms with van der Waals surface area (Å²) in [4.78, 5) is 13.0. The maximum absolute atomic E-state index is 11.0. The average molecular weight is 265 g/mol. The van der Waals surface area contributed by atoms with Gasteiger partial charge in [-0.25, -0.2) is 0 Å². The molecule has 1 aromatic rings. The van der Waals surface area contributed by atoms with Crippen molar-refractivity contribution >= 4 is 11.4 Å². The van der Waals surface area contributed by atoms with Gasteiger partial charge in [-0.1, -0.05) is 19.9 Å². The summed E-state index contributed by atoms with van der Waals surface area (Å²) in [5, 5.41) is 14.3. The third kappa shape index (κ3) is 4.52. The molecular weight excluding hydrogens is 242 g/mol. The van der Waals surface area contributed by atoms with E-state index < -0.39 is 0 Å². The first kappa shape index (κ1) is 15.4. The van der Waals surface area contributed by atoms with Crippen LogP contribution < -0.4 is 5.32 Å². The molecule has 0 aromatic heterocycles. The predicted molar refractivity (Wildman–Crippen MR) is 78.7 cm³/mol. The van der Waals surface area contributed by atoms with E-state index in [2.05, 4.69) is 24.1 Å². The molecule has 5 heteroatoms. The Morgan fingerprint density at radius 1 is 1.37 bits per heavy atom. The van der Waals surface area contributed by atoms with Crippen LogP contribution in [0.2, 0.25) is 0 Å². The van der Waals surface area contributed by atoms with Crippen molar-refractivity contribution in [2.45, 2.75) is 33.7 Å². The molecule has 1 N–H and O–H groups in total. The molecule has 0 radical (unpaired) electrons. The molecule has 1 rings (SSSR count). The van der Waals surface area contributed by atoms with E-state index in [-0.39, 0.29) is 16.7 Å². The lowest BCUT2D eigenvalue weighted by Crippen LogP contribution is -2.34. The summed E-state index contributed by atoms with van der Waals surface area (Å²) in [6.45, 7) is 11.1. The van der Waals surface area contributed by atoms with E-state index in [1.54, 1.807) is 12.1 Å². The van der Waals surface area contributed by atoms with Crippen LogP contribution in [0.25, 0.3) is 0 Å². The maximum atomic E-state index is 11.0. The van der Waals surface area contributed by atoms with Crippen LogP contribution in [0, 0.1) is 17.0 Å². The van der Waals surface area contributed by atoms with Gasteiger partial charge in [0.1, 0.15) is 5.69 Å². The topological polar surface area (TPSA) is 58.4 Å². The lowest BCUT2D eigenvalue weighted by atomic mass is 10.1. The Bertz CT molecular complexity index is 431. The third-order valence-corrected chi connectivity index (χ3v) is 3.18. The van der Waals surface area contributed by atoms with Crippen molar-refractivity contribution in [3.05, 3.63) is 33.9 Å². The first-order valence-electron chi connectivity index (χ1n) is 6.71. The quantitative estimate of drug-likeness (QED) is 0.608. The minimum absolute atomic E-state index is 0.136. The number of hydrogen-bond acceptors (Lipinski definition) is 4. The molecule has 1 atom stereocenters. The van der Waals surface area contributed by atoms with Crippen molar-refractivity contribution in [2.75, 3.05) is 25.0 Å². The minimum Gasteiger partial charge on any atom is -0.376 e. The van der Waals surface area contributed by atoms with Crippen molar-refractivity contribution < 1.29 is 4.92 Å². The number of nitrogens with zero attached hydrogens (tertiary/aromatic N) is 2. The molecule has 1 aromatic carbocycles. The van der Waals surface area contributed by atoms with Gasteiger partial charge in [-0.2, -0.15) is 0 Å². The van der Waals surface area contributed by atoms with Gasteiger partial charge >= 0.3 is 0 Å². The van der Waals surface area contributed by atoms with Gasteiger partial charge in [0, 0.05) is 18.7 Å². The standard InChI is InChI=1S/C14H23N3O2/c1-5-16(6-2)10-12(4)15-13-9-11(3)7-8-14(13)17(18)19/h7-9,12,15H,5-6,10H2,1-4H3. The Kier molecular flexibility index (Phi) is 5.76. The van der Waals surface area contributed by atoms with Crippen LogP contribution in [0.4, 0.5) is 11.4 Å². The fraction of sp³-hybridized carbons (Fsp3) is 0.571. The third-order valence-electron chi connectivity index (χ3n) is 3.18. The van der Waals surface area contributed by atoms with E-state index in [0.717, 1.165) is 25.2 Å². The van der Waals surface area contributed by atoms with Gasteiger partial charge in [0.05, 0.1) is 4.92 Å². The molecule has 0 fully saturated rings. The van der Waals surface area contributed by atoms with E-state index in [1.165, 1.54) is 0 Å². The molecule has 0 saturated carbocycles. The highest BCUT2D eigenvalue weighted by atomic mass is 16.6. The summed E-state index contributed by atoms with van der Waals surface area (Å²) in [6.07, 6.45) is 0. The first-order valence-corrected chi connectivity index (χ1v) is 6.71. The second-order valence-electron chi connectivity index (χ2n) is 4.81. The number of benzene rings is 1. The van der Waals surface area contributed by atoms with Crippen LogP contribution in [0.15, 0.2) is 18.2 Å². The monoisotopic (exact) mass is 265 g/mol. The van der Waals surface area contributed by atoms with Crippen LogP contribution in [0.5, 0.6) is 0 Å². The van der Waals surface area contributed by atoms with E-state index in [9.17, 15) is 10.1 Å². The van der Waals surface area contributed by atoms with E-state index in [1.807, 2.05) is 19.9 Å². The fourth-order valence-corrected chi connectivity index (χ4v) is 2.10. The predicted octanol–water partition coefficient (Wildman–Crippen LogP) is 3.05. The van der Waals surface area contributed by atoms with Crippen LogP contribution in [-0.2, 0) is 0 Å². The van der Waals surface area contributed by atoms with E-state index >= 15 is 0 Å². The number of nitro benzene ring substituents is 1. The molecule has 0 aliphatic heterocycles. The number of anilines is 1. The zero-order chi connectivity index (χ0) is 14.4. The van der Waals surface area contributed by atoms with Crippen LogP contribution >= 0.6 is 0 Å². The van der Waals surface area contributed by atoms with Gasteiger partial charge in [-0.15, -0.1) is 0 Å². The molecule has 0 saturated heterocycles. The molecule has 0 amide bonds. The maximum Gasteiger partial charge on any atom is 0.292 e. The normalized spacial score (nSPS) is 12.5. The molecule has 1 unspecified atom stereocenters. The zero-order valence-corrected chi connectivity index (χ0v) is 12.1. The summed E-state index contributed by atoms with van der Waals surface area (Å²) in [5.41, 5.74) is 1.75. The van der Waals surface area contributed by atoms with Gasteiger partial charge in [0.25, 0.3) is 5.69 Å². The molecular formula is C14H23N3O2. The molecule has 0 spiro atoms. The second-order valence-corrected chi connectivity index (χ2v) is 4.81. The average Bonchev–Trinajstić information content (AvgIpc) is 2.35. The second kappa shape index (κ2) is 7.09. The number of aryl methyl sites for hydroxylation is 1. The van der Waals surface area contributed by atoms with Crippen molar-refractivity contribution in [3.63, 3.8) is 0 Å². The highest BCUT2D eigenvalue weighted by Gasteiger charge is 2.16.